The van der Waals surface area contributed by atoms with Gasteiger partial charge in [-0.2, -0.15) is 0 Å². The second-order valence-electron chi connectivity index (χ2n) is 5.61. The van der Waals surface area contributed by atoms with Crippen LogP contribution in [0.2, 0.25) is 0 Å². The molecule has 1 aromatic rings. The highest BCUT2D eigenvalue weighted by atomic mass is 31.2. The van der Waals surface area contributed by atoms with Gasteiger partial charge in [-0.25, -0.2) is 14.4 Å². The van der Waals surface area contributed by atoms with Gasteiger partial charge in [-0.1, -0.05) is 0 Å². The Labute approximate surface area is 136 Å². The average molecular weight is 363 g/mol. The van der Waals surface area contributed by atoms with Crippen LogP contribution < -0.4 is 16.3 Å². The molecule has 3 N–H and O–H groups in total. The van der Waals surface area contributed by atoms with Crippen molar-refractivity contribution in [1.82, 2.24) is 14.6 Å². The van der Waals surface area contributed by atoms with Crippen molar-refractivity contribution in [3.05, 3.63) is 33.1 Å². The van der Waals surface area contributed by atoms with E-state index in [1.807, 2.05) is 0 Å². The third-order valence-electron chi connectivity index (χ3n) is 4.12. The van der Waals surface area contributed by atoms with Crippen molar-refractivity contribution in [1.29, 1.82) is 0 Å². The number of methoxy groups -OCH3 is 1. The molecular weight excluding hydrogens is 345 g/mol. The number of aromatic amines is 1. The molecule has 0 aromatic carbocycles. The van der Waals surface area contributed by atoms with Crippen LogP contribution in [0.5, 0.6) is 0 Å². The monoisotopic (exact) mass is 363 g/mol. The molecule has 0 aliphatic carbocycles. The smallest absolute Gasteiger partial charge is 0.382 e. The molecule has 2 fully saturated rings. The van der Waals surface area contributed by atoms with E-state index in [-0.39, 0.29) is 13.2 Å². The van der Waals surface area contributed by atoms with Crippen LogP contribution in [0.4, 0.5) is 0 Å². The van der Waals surface area contributed by atoms with Crippen LogP contribution in [0.15, 0.2) is 21.9 Å². The number of nitrogens with one attached hydrogen (secondary N) is 2. The summed E-state index contributed by atoms with van der Waals surface area (Å²) in [6.45, 7) is 0.182. The van der Waals surface area contributed by atoms with Gasteiger partial charge in [-0.05, 0) is 0 Å². The summed E-state index contributed by atoms with van der Waals surface area (Å²) >= 11 is 0. The zero-order valence-electron chi connectivity index (χ0n) is 13.0. The number of fused-ring (bicyclic) bond motifs is 2. The fourth-order valence-corrected chi connectivity index (χ4v) is 3.90. The van der Waals surface area contributed by atoms with Crippen molar-refractivity contribution < 1.29 is 28.2 Å². The summed E-state index contributed by atoms with van der Waals surface area (Å²) in [7, 11) is -1.52. The van der Waals surface area contributed by atoms with E-state index in [0.29, 0.717) is 0 Å². The lowest BCUT2D eigenvalue weighted by Gasteiger charge is -2.31. The maximum Gasteiger partial charge on any atom is 0.403 e. The van der Waals surface area contributed by atoms with Gasteiger partial charge < -0.3 is 23.6 Å². The van der Waals surface area contributed by atoms with Crippen molar-refractivity contribution in [3.8, 4) is 0 Å². The molecule has 0 radical (unpaired) electrons. The van der Waals surface area contributed by atoms with Gasteiger partial charge in [0.2, 0.25) is 0 Å². The number of nitrogens with zero attached hydrogens (tertiary/aromatic N) is 1. The van der Waals surface area contributed by atoms with Crippen molar-refractivity contribution >= 4 is 7.75 Å². The largest absolute Gasteiger partial charge is 0.403 e. The number of ether oxygens (including phenoxy) is 3. The summed E-state index contributed by atoms with van der Waals surface area (Å²) in [5.74, 6) is 0. The van der Waals surface area contributed by atoms with Crippen LogP contribution >= 0.6 is 7.75 Å². The average Bonchev–Trinajstić information content (AvgIpc) is 2.98. The highest BCUT2D eigenvalue weighted by Gasteiger charge is 2.63. The number of hydrogen-bond acceptors (Lipinski definition) is 7. The predicted molar refractivity (Wildman–Crippen MR) is 79.5 cm³/mol. The van der Waals surface area contributed by atoms with E-state index in [1.165, 1.54) is 19.4 Å². The molecule has 11 nitrogen and oxygen atoms in total. The topological polar surface area (TPSA) is 141 Å². The molecule has 0 spiro atoms. The minimum absolute atomic E-state index is 0.0689. The molecule has 2 aliphatic heterocycles. The van der Waals surface area contributed by atoms with Gasteiger partial charge in [0.1, 0.15) is 11.7 Å². The maximum absolute atomic E-state index is 12.0. The lowest BCUT2D eigenvalue weighted by molar-refractivity contribution is -0.188. The molecule has 5 atom stereocenters. The Hall–Kier alpha value is -1.33. The Morgan fingerprint density at radius 3 is 2.92 bits per heavy atom. The maximum atomic E-state index is 12.0. The van der Waals surface area contributed by atoms with Gasteiger partial charge in [-0.15, -0.1) is 0 Å². The van der Waals surface area contributed by atoms with Crippen molar-refractivity contribution in [3.63, 3.8) is 0 Å². The fraction of sp³-hybridized carbons (Fsp3) is 0.667. The van der Waals surface area contributed by atoms with E-state index in [9.17, 15) is 19.0 Å². The molecule has 1 aromatic heterocycles. The minimum Gasteiger partial charge on any atom is -0.382 e. The van der Waals surface area contributed by atoms with Crippen LogP contribution in [-0.2, 0) is 23.3 Å². The van der Waals surface area contributed by atoms with E-state index in [4.69, 9.17) is 14.2 Å². The van der Waals surface area contributed by atoms with E-state index >= 15 is 0 Å². The Morgan fingerprint density at radius 1 is 1.54 bits per heavy atom. The highest BCUT2D eigenvalue weighted by Crippen LogP contribution is 2.49. The third kappa shape index (κ3) is 2.88. The van der Waals surface area contributed by atoms with Crippen molar-refractivity contribution in [2.24, 2.45) is 0 Å². The Kier molecular flexibility index (Phi) is 4.51. The first-order valence-corrected chi connectivity index (χ1v) is 8.66. The molecule has 3 rings (SSSR count). The molecule has 134 valence electrons. The van der Waals surface area contributed by atoms with Gasteiger partial charge >= 0.3 is 13.4 Å². The van der Waals surface area contributed by atoms with Crippen molar-refractivity contribution in [2.75, 3.05) is 27.4 Å². The predicted octanol–water partition coefficient (Wildman–Crippen LogP) is -1.45. The van der Waals surface area contributed by atoms with E-state index in [1.54, 1.807) is 0 Å². The number of rotatable bonds is 6. The SMILES string of the molecule is COC[C@@]12CO[C@H](C(n3ccc(=O)[nH]c3=O)O1)[C@@H]2NP(=O)(O)OC. The Bertz CT molecular complexity index is 778. The number of aromatic nitrogens is 2. The molecule has 0 amide bonds. The molecule has 2 aliphatic rings. The lowest BCUT2D eigenvalue weighted by atomic mass is 9.98. The fourth-order valence-electron chi connectivity index (χ4n) is 3.06. The molecule has 24 heavy (non-hydrogen) atoms. The third-order valence-corrected chi connectivity index (χ3v) is 5.22. The van der Waals surface area contributed by atoms with Crippen LogP contribution in [0.25, 0.3) is 0 Å². The van der Waals surface area contributed by atoms with Crippen LogP contribution in [0.1, 0.15) is 6.23 Å². The Morgan fingerprint density at radius 2 is 2.29 bits per heavy atom. The molecule has 3 heterocycles. The molecule has 12 heteroatoms. The van der Waals surface area contributed by atoms with Gasteiger partial charge in [0.05, 0.1) is 19.3 Å². The van der Waals surface area contributed by atoms with E-state index < -0.39 is 43.0 Å². The zero-order valence-corrected chi connectivity index (χ0v) is 13.9. The standard InChI is InChI=1S/C12H18N3O8P/c1-20-5-12-6-22-8(9(12)14-24(18,19)21-2)10(23-12)15-4-3-7(16)13-11(15)17/h3-4,8-10H,5-6H2,1-2H3,(H,13,16,17)(H2,14,18,19)/t8-,9-,10?,12-/m0/s1. The quantitative estimate of drug-likeness (QED) is 0.518. The molecule has 2 saturated heterocycles. The number of hydrogen-bond donors (Lipinski definition) is 3. The molecule has 2 bridgehead atoms. The summed E-state index contributed by atoms with van der Waals surface area (Å²) in [6.07, 6.45) is -0.366. The van der Waals surface area contributed by atoms with Gasteiger partial charge in [0.15, 0.2) is 6.23 Å². The minimum atomic E-state index is -4.07. The summed E-state index contributed by atoms with van der Waals surface area (Å²) in [4.78, 5) is 35.1. The second kappa shape index (κ2) is 6.19. The summed E-state index contributed by atoms with van der Waals surface area (Å²) in [5.41, 5.74) is -2.29. The van der Waals surface area contributed by atoms with Crippen LogP contribution in [0, 0.1) is 0 Å². The first kappa shape index (κ1) is 17.5. The summed E-state index contributed by atoms with van der Waals surface area (Å²) < 4.78 is 34.4. The highest BCUT2D eigenvalue weighted by molar-refractivity contribution is 7.50. The van der Waals surface area contributed by atoms with E-state index in [2.05, 4.69) is 14.6 Å². The van der Waals surface area contributed by atoms with Gasteiger partial charge in [0, 0.05) is 26.5 Å². The van der Waals surface area contributed by atoms with Crippen LogP contribution in [-0.4, -0.2) is 59.6 Å². The van der Waals surface area contributed by atoms with E-state index in [0.717, 1.165) is 11.7 Å². The Balaban J connectivity index is 1.97. The van der Waals surface area contributed by atoms with Crippen molar-refractivity contribution in [2.45, 2.75) is 24.0 Å². The van der Waals surface area contributed by atoms with Crippen LogP contribution in [0.3, 0.4) is 0 Å². The summed E-state index contributed by atoms with van der Waals surface area (Å²) in [6, 6.07) is 0.422. The van der Waals surface area contributed by atoms with Gasteiger partial charge in [-0.3, -0.25) is 14.3 Å². The van der Waals surface area contributed by atoms with Gasteiger partial charge in [0.25, 0.3) is 5.56 Å². The normalized spacial score (nSPS) is 34.4. The molecule has 2 unspecified atom stereocenters. The lowest BCUT2D eigenvalue weighted by Crippen LogP contribution is -2.50. The number of H-pyrrole nitrogens is 1. The zero-order chi connectivity index (χ0) is 17.5. The summed E-state index contributed by atoms with van der Waals surface area (Å²) in [5, 5.41) is 2.49. The molecular formula is C12H18N3O8P. The second-order valence-corrected chi connectivity index (χ2v) is 7.27. The first-order chi connectivity index (χ1) is 11.3. The first-order valence-electron chi connectivity index (χ1n) is 7.08. The molecule has 0 saturated carbocycles.